The molecule has 6 heteroatoms. The van der Waals surface area contributed by atoms with E-state index in [-0.39, 0.29) is 5.88 Å². The predicted octanol–water partition coefficient (Wildman–Crippen LogP) is 0.639. The molecule has 0 saturated heterocycles. The average Bonchev–Trinajstić information content (AvgIpc) is 2.40. The topological polar surface area (TPSA) is 67.3 Å². The molecule has 0 aliphatic heterocycles. The molecule has 1 aromatic rings. The number of H-pyrrole nitrogens is 1. The summed E-state index contributed by atoms with van der Waals surface area (Å²) in [7, 11) is 0. The standard InChI is InChI=1S/C4H3N3O2S/c8-4(7-10)9-3-1-2-5-6-3/h1-2H,(H,5,6). The van der Waals surface area contributed by atoms with Gasteiger partial charge in [-0.3, -0.25) is 5.10 Å². The molecule has 0 atom stereocenters. The predicted molar refractivity (Wildman–Crippen MR) is 34.4 cm³/mol. The first-order chi connectivity index (χ1) is 4.83. The number of rotatable bonds is 1. The number of nitrogens with zero attached hydrogens (tertiary/aromatic N) is 2. The fourth-order valence-electron chi connectivity index (χ4n) is 0.412. The van der Waals surface area contributed by atoms with Gasteiger partial charge in [-0.25, -0.2) is 4.79 Å². The van der Waals surface area contributed by atoms with Crippen molar-refractivity contribution in [2.45, 2.75) is 0 Å². The number of ether oxygens (including phenoxy) is 1. The molecule has 0 unspecified atom stereocenters. The Bertz CT molecular complexity index is 233. The second-order valence-electron chi connectivity index (χ2n) is 1.37. The minimum atomic E-state index is -0.831. The highest BCUT2D eigenvalue weighted by Crippen LogP contribution is 2.02. The lowest BCUT2D eigenvalue weighted by Gasteiger charge is -1.89. The Balaban J connectivity index is 2.56. The highest BCUT2D eigenvalue weighted by molar-refractivity contribution is 7.47. The van der Waals surface area contributed by atoms with Crippen LogP contribution in [0.3, 0.4) is 0 Å². The first-order valence-corrected chi connectivity index (χ1v) is 2.74. The van der Waals surface area contributed by atoms with Crippen LogP contribution < -0.4 is 4.74 Å². The van der Waals surface area contributed by atoms with Gasteiger partial charge in [-0.05, 0) is 0 Å². The number of aromatic nitrogens is 2. The number of amides is 1. The van der Waals surface area contributed by atoms with Crippen LogP contribution in [-0.2, 0) is 12.4 Å². The van der Waals surface area contributed by atoms with Crippen LogP contribution in [-0.4, -0.2) is 16.3 Å². The summed E-state index contributed by atoms with van der Waals surface area (Å²) >= 11 is 4.06. The Kier molecular flexibility index (Phi) is 2.06. The summed E-state index contributed by atoms with van der Waals surface area (Å²) in [4.78, 5) is 10.3. The summed E-state index contributed by atoms with van der Waals surface area (Å²) in [5.74, 6) is 0.165. The Morgan fingerprint density at radius 1 is 1.90 bits per heavy atom. The van der Waals surface area contributed by atoms with Gasteiger partial charge in [0.05, 0.1) is 0 Å². The fourth-order valence-corrected chi connectivity index (χ4v) is 0.449. The van der Waals surface area contributed by atoms with E-state index in [4.69, 9.17) is 0 Å². The molecule has 0 aromatic carbocycles. The van der Waals surface area contributed by atoms with E-state index in [1.54, 1.807) is 0 Å². The lowest BCUT2D eigenvalue weighted by Crippen LogP contribution is -2.00. The van der Waals surface area contributed by atoms with E-state index >= 15 is 0 Å². The van der Waals surface area contributed by atoms with Crippen LogP contribution in [0.5, 0.6) is 5.88 Å². The fraction of sp³-hybridized carbons (Fsp3) is 0. The zero-order chi connectivity index (χ0) is 7.40. The van der Waals surface area contributed by atoms with Crippen LogP contribution >= 0.6 is 0 Å². The summed E-state index contributed by atoms with van der Waals surface area (Å²) < 4.78 is 7.28. The number of carbonyl (C=O) groups excluding carboxylic acids is 1. The summed E-state index contributed by atoms with van der Waals surface area (Å²) in [5, 5.41) is 5.99. The third-order valence-corrected chi connectivity index (χ3v) is 0.891. The van der Waals surface area contributed by atoms with Crippen LogP contribution in [0.15, 0.2) is 16.6 Å². The zero-order valence-electron chi connectivity index (χ0n) is 4.77. The molecule has 1 amide bonds. The van der Waals surface area contributed by atoms with Crippen molar-refractivity contribution >= 4 is 18.5 Å². The lowest BCUT2D eigenvalue weighted by molar-refractivity contribution is 0.210. The molecule has 1 aromatic heterocycles. The molecule has 52 valence electrons. The van der Waals surface area contributed by atoms with Crippen LogP contribution in [0.1, 0.15) is 0 Å². The van der Waals surface area contributed by atoms with E-state index in [1.165, 1.54) is 12.3 Å². The number of hydrogen-bond donors (Lipinski definition) is 1. The van der Waals surface area contributed by atoms with Crippen molar-refractivity contribution in [1.29, 1.82) is 0 Å². The van der Waals surface area contributed by atoms with Gasteiger partial charge in [0.2, 0.25) is 5.88 Å². The molecule has 0 fully saturated rings. The molecule has 0 saturated carbocycles. The van der Waals surface area contributed by atoms with E-state index in [2.05, 4.69) is 31.7 Å². The van der Waals surface area contributed by atoms with E-state index in [9.17, 15) is 4.79 Å². The van der Waals surface area contributed by atoms with Crippen molar-refractivity contribution in [3.8, 4) is 5.88 Å². The first kappa shape index (κ1) is 6.81. The zero-order valence-corrected chi connectivity index (χ0v) is 5.59. The Morgan fingerprint density at radius 3 is 3.20 bits per heavy atom. The van der Waals surface area contributed by atoms with Crippen molar-refractivity contribution < 1.29 is 9.53 Å². The molecular formula is C4H3N3O2S. The number of carbonyl (C=O) groups is 1. The molecule has 0 bridgehead atoms. The highest BCUT2D eigenvalue weighted by atomic mass is 32.1. The van der Waals surface area contributed by atoms with Gasteiger partial charge in [0.1, 0.15) is 0 Å². The molecule has 0 spiro atoms. The first-order valence-electron chi connectivity index (χ1n) is 2.38. The summed E-state index contributed by atoms with van der Waals surface area (Å²) in [5.41, 5.74) is 0. The third kappa shape index (κ3) is 1.59. The summed E-state index contributed by atoms with van der Waals surface area (Å²) in [6, 6.07) is 1.48. The quantitative estimate of drug-likeness (QED) is 0.649. The number of aromatic amines is 1. The SMILES string of the molecule is O=C(N=S)Oc1cc[nH]n1. The Hall–Kier alpha value is -1.30. The van der Waals surface area contributed by atoms with Gasteiger partial charge in [-0.15, -0.1) is 9.46 Å². The van der Waals surface area contributed by atoms with Gasteiger partial charge in [-0.1, -0.05) is 0 Å². The minimum Gasteiger partial charge on any atom is -0.387 e. The maximum Gasteiger partial charge on any atom is 0.451 e. The molecule has 0 aliphatic carbocycles. The van der Waals surface area contributed by atoms with Gasteiger partial charge in [0.15, 0.2) is 0 Å². The molecule has 1 rings (SSSR count). The molecular weight excluding hydrogens is 154 g/mol. The number of nitrogens with one attached hydrogen (secondary N) is 1. The van der Waals surface area contributed by atoms with Crippen LogP contribution in [0.2, 0.25) is 0 Å². The van der Waals surface area contributed by atoms with Gasteiger partial charge >= 0.3 is 6.09 Å². The van der Waals surface area contributed by atoms with Crippen LogP contribution in [0.4, 0.5) is 4.79 Å². The van der Waals surface area contributed by atoms with E-state index < -0.39 is 6.09 Å². The van der Waals surface area contributed by atoms with Crippen LogP contribution in [0, 0.1) is 0 Å². The minimum absolute atomic E-state index is 0.165. The highest BCUT2D eigenvalue weighted by Gasteiger charge is 2.01. The molecule has 1 heterocycles. The smallest absolute Gasteiger partial charge is 0.387 e. The van der Waals surface area contributed by atoms with Crippen molar-refractivity contribution in [2.24, 2.45) is 4.36 Å². The van der Waals surface area contributed by atoms with Gasteiger partial charge in [0.25, 0.3) is 0 Å². The lowest BCUT2D eigenvalue weighted by atomic mass is 10.7. The van der Waals surface area contributed by atoms with E-state index in [1.807, 2.05) is 0 Å². The maximum absolute atomic E-state index is 10.3. The van der Waals surface area contributed by atoms with Crippen molar-refractivity contribution in [2.75, 3.05) is 0 Å². The normalized spacial score (nSPS) is 8.80. The van der Waals surface area contributed by atoms with Gasteiger partial charge in [0, 0.05) is 24.7 Å². The Labute approximate surface area is 61.6 Å². The molecule has 0 radical (unpaired) electrons. The van der Waals surface area contributed by atoms with E-state index in [0.29, 0.717) is 0 Å². The van der Waals surface area contributed by atoms with Crippen LogP contribution in [0.25, 0.3) is 0 Å². The average molecular weight is 157 g/mol. The second kappa shape index (κ2) is 3.02. The summed E-state index contributed by atoms with van der Waals surface area (Å²) in [6.45, 7) is 0. The molecule has 5 nitrogen and oxygen atoms in total. The molecule has 1 N–H and O–H groups in total. The monoisotopic (exact) mass is 157 g/mol. The maximum atomic E-state index is 10.3. The van der Waals surface area contributed by atoms with Crippen molar-refractivity contribution in [1.82, 2.24) is 10.2 Å². The van der Waals surface area contributed by atoms with Gasteiger partial charge < -0.3 is 4.74 Å². The molecule has 0 aliphatic rings. The second-order valence-corrected chi connectivity index (χ2v) is 1.55. The Morgan fingerprint density at radius 2 is 2.70 bits per heavy atom. The largest absolute Gasteiger partial charge is 0.451 e. The third-order valence-electron chi connectivity index (χ3n) is 0.742. The van der Waals surface area contributed by atoms with Gasteiger partial charge in [-0.2, -0.15) is 0 Å². The number of hydrogen-bond acceptors (Lipinski definition) is 4. The van der Waals surface area contributed by atoms with E-state index in [0.717, 1.165) is 0 Å². The molecule has 10 heavy (non-hydrogen) atoms. The van der Waals surface area contributed by atoms with Crippen molar-refractivity contribution in [3.63, 3.8) is 0 Å². The summed E-state index contributed by atoms with van der Waals surface area (Å²) in [6.07, 6.45) is 0.688. The van der Waals surface area contributed by atoms with Crippen molar-refractivity contribution in [3.05, 3.63) is 12.3 Å².